The van der Waals surface area contributed by atoms with Crippen LogP contribution in [0.5, 0.6) is 0 Å². The third-order valence-corrected chi connectivity index (χ3v) is 3.53. The number of aliphatic carboxylic acids is 1. The van der Waals surface area contributed by atoms with E-state index in [1.807, 2.05) is 0 Å². The predicted molar refractivity (Wildman–Crippen MR) is 68.1 cm³/mol. The number of nitrogens with one attached hydrogen (secondary N) is 1. The van der Waals surface area contributed by atoms with Crippen molar-refractivity contribution in [1.82, 2.24) is 10.2 Å². The molecule has 0 aromatic rings. The predicted octanol–water partition coefficient (Wildman–Crippen LogP) is -0.365. The van der Waals surface area contributed by atoms with Gasteiger partial charge in [-0.2, -0.15) is 0 Å². The van der Waals surface area contributed by atoms with Crippen molar-refractivity contribution in [2.24, 2.45) is 11.7 Å². The van der Waals surface area contributed by atoms with Gasteiger partial charge in [-0.3, -0.25) is 14.5 Å². The monoisotopic (exact) mass is 257 g/mol. The van der Waals surface area contributed by atoms with Crippen molar-refractivity contribution in [3.05, 3.63) is 0 Å². The highest BCUT2D eigenvalue weighted by molar-refractivity contribution is 5.79. The molecule has 1 heterocycles. The fraction of sp³-hybridized carbons (Fsp3) is 0.833. The van der Waals surface area contributed by atoms with E-state index in [1.54, 1.807) is 13.8 Å². The van der Waals surface area contributed by atoms with Gasteiger partial charge >= 0.3 is 5.97 Å². The van der Waals surface area contributed by atoms with E-state index in [9.17, 15) is 9.59 Å². The van der Waals surface area contributed by atoms with Crippen LogP contribution in [0.3, 0.4) is 0 Å². The fourth-order valence-electron chi connectivity index (χ4n) is 1.95. The minimum atomic E-state index is -0.897. The van der Waals surface area contributed by atoms with E-state index in [0.29, 0.717) is 6.54 Å². The fourth-order valence-corrected chi connectivity index (χ4v) is 1.95. The zero-order valence-electron chi connectivity index (χ0n) is 11.1. The highest BCUT2D eigenvalue weighted by atomic mass is 16.4. The molecule has 1 amide bonds. The Bertz CT molecular complexity index is 301. The van der Waals surface area contributed by atoms with Gasteiger partial charge in [-0.15, -0.1) is 0 Å². The third-order valence-electron chi connectivity index (χ3n) is 3.53. The van der Waals surface area contributed by atoms with Gasteiger partial charge in [0.2, 0.25) is 5.91 Å². The lowest BCUT2D eigenvalue weighted by Crippen LogP contribution is -2.47. The van der Waals surface area contributed by atoms with Crippen molar-refractivity contribution in [2.45, 2.75) is 38.8 Å². The molecule has 1 aliphatic rings. The van der Waals surface area contributed by atoms with Crippen LogP contribution in [0.25, 0.3) is 0 Å². The quantitative estimate of drug-likeness (QED) is 0.625. The number of likely N-dealkylation sites (tertiary alicyclic amines) is 1. The molecule has 1 fully saturated rings. The molecule has 2 unspecified atom stereocenters. The lowest BCUT2D eigenvalue weighted by molar-refractivity contribution is -0.142. The first-order valence-corrected chi connectivity index (χ1v) is 6.40. The topological polar surface area (TPSA) is 95.7 Å². The molecule has 1 saturated heterocycles. The second-order valence-corrected chi connectivity index (χ2v) is 5.10. The molecule has 6 nitrogen and oxygen atoms in total. The van der Waals surface area contributed by atoms with E-state index in [4.69, 9.17) is 10.8 Å². The van der Waals surface area contributed by atoms with E-state index >= 15 is 0 Å². The number of carboxylic acids is 1. The number of hydrogen-bond donors (Lipinski definition) is 3. The summed E-state index contributed by atoms with van der Waals surface area (Å²) in [4.78, 5) is 24.6. The van der Waals surface area contributed by atoms with Crippen molar-refractivity contribution in [3.63, 3.8) is 0 Å². The van der Waals surface area contributed by atoms with Gasteiger partial charge in [0.15, 0.2) is 0 Å². The number of nitrogens with zero attached hydrogens (tertiary/aromatic N) is 1. The Morgan fingerprint density at radius 3 is 2.44 bits per heavy atom. The van der Waals surface area contributed by atoms with Crippen LogP contribution in [-0.2, 0) is 9.59 Å². The molecule has 4 N–H and O–H groups in total. The Labute approximate surface area is 108 Å². The molecule has 18 heavy (non-hydrogen) atoms. The summed E-state index contributed by atoms with van der Waals surface area (Å²) >= 11 is 0. The highest BCUT2D eigenvalue weighted by Crippen LogP contribution is 2.08. The molecule has 0 aromatic carbocycles. The lowest BCUT2D eigenvalue weighted by Gasteiger charge is -2.30. The number of carbonyl (C=O) groups excluding carboxylic acids is 1. The summed E-state index contributed by atoms with van der Waals surface area (Å²) in [6, 6.07) is -0.114. The zero-order chi connectivity index (χ0) is 13.7. The summed E-state index contributed by atoms with van der Waals surface area (Å²) in [5.74, 6) is -1.60. The standard InChI is InChI=1S/C12H23N3O3/c1-8(12(17)18)9(2)14-11(16)7-15-5-3-10(13)4-6-15/h8-10H,3-7,13H2,1-2H3,(H,14,16)(H,17,18). The van der Waals surface area contributed by atoms with Crippen LogP contribution in [-0.4, -0.2) is 53.6 Å². The number of carboxylic acid groups (broad SMARTS) is 1. The van der Waals surface area contributed by atoms with Crippen LogP contribution in [0.1, 0.15) is 26.7 Å². The van der Waals surface area contributed by atoms with Gasteiger partial charge in [0.25, 0.3) is 0 Å². The Kier molecular flexibility index (Phi) is 5.55. The molecule has 2 atom stereocenters. The van der Waals surface area contributed by atoms with Crippen molar-refractivity contribution < 1.29 is 14.7 Å². The Morgan fingerprint density at radius 1 is 1.39 bits per heavy atom. The van der Waals surface area contributed by atoms with E-state index in [-0.39, 0.29) is 18.0 Å². The molecule has 0 bridgehead atoms. The van der Waals surface area contributed by atoms with Gasteiger partial charge in [-0.25, -0.2) is 0 Å². The number of nitrogens with two attached hydrogens (primary N) is 1. The van der Waals surface area contributed by atoms with Crippen LogP contribution in [0.4, 0.5) is 0 Å². The number of amides is 1. The summed E-state index contributed by atoms with van der Waals surface area (Å²) in [6.07, 6.45) is 1.82. The molecule has 104 valence electrons. The van der Waals surface area contributed by atoms with Crippen molar-refractivity contribution in [2.75, 3.05) is 19.6 Å². The average molecular weight is 257 g/mol. The summed E-state index contributed by atoms with van der Waals surface area (Å²) in [5.41, 5.74) is 5.79. The first kappa shape index (κ1) is 14.9. The first-order valence-electron chi connectivity index (χ1n) is 6.40. The largest absolute Gasteiger partial charge is 0.481 e. The molecular weight excluding hydrogens is 234 g/mol. The third kappa shape index (κ3) is 4.62. The van der Waals surface area contributed by atoms with Crippen molar-refractivity contribution >= 4 is 11.9 Å². The number of hydrogen-bond acceptors (Lipinski definition) is 4. The van der Waals surface area contributed by atoms with E-state index in [1.165, 1.54) is 0 Å². The second kappa shape index (κ2) is 6.70. The van der Waals surface area contributed by atoms with Crippen molar-refractivity contribution in [3.8, 4) is 0 Å². The van der Waals surface area contributed by atoms with Gasteiger partial charge < -0.3 is 16.2 Å². The maximum atomic E-state index is 11.8. The van der Waals surface area contributed by atoms with Gasteiger partial charge in [-0.05, 0) is 26.7 Å². The Morgan fingerprint density at radius 2 is 1.94 bits per heavy atom. The Balaban J connectivity index is 2.31. The van der Waals surface area contributed by atoms with E-state index in [0.717, 1.165) is 25.9 Å². The van der Waals surface area contributed by atoms with Gasteiger partial charge in [0.05, 0.1) is 12.5 Å². The van der Waals surface area contributed by atoms with Crippen LogP contribution in [0, 0.1) is 5.92 Å². The maximum Gasteiger partial charge on any atom is 0.308 e. The molecule has 1 aliphatic heterocycles. The van der Waals surface area contributed by atoms with Crippen molar-refractivity contribution in [1.29, 1.82) is 0 Å². The minimum Gasteiger partial charge on any atom is -0.481 e. The number of rotatable bonds is 5. The smallest absolute Gasteiger partial charge is 0.308 e. The van der Waals surface area contributed by atoms with Gasteiger partial charge in [-0.1, -0.05) is 0 Å². The van der Waals surface area contributed by atoms with Crippen LogP contribution >= 0.6 is 0 Å². The molecule has 0 spiro atoms. The molecule has 6 heteroatoms. The summed E-state index contributed by atoms with van der Waals surface area (Å²) < 4.78 is 0. The maximum absolute atomic E-state index is 11.8. The minimum absolute atomic E-state index is 0.119. The lowest BCUT2D eigenvalue weighted by atomic mass is 10.0. The Hall–Kier alpha value is -1.14. The molecule has 0 aliphatic carbocycles. The summed E-state index contributed by atoms with van der Waals surface area (Å²) in [7, 11) is 0. The molecule has 0 saturated carbocycles. The summed E-state index contributed by atoms with van der Waals surface area (Å²) in [5, 5.41) is 11.6. The molecular formula is C12H23N3O3. The van der Waals surface area contributed by atoms with E-state index < -0.39 is 11.9 Å². The first-order chi connectivity index (χ1) is 8.40. The highest BCUT2D eigenvalue weighted by Gasteiger charge is 2.23. The SMILES string of the molecule is CC(NC(=O)CN1CCC(N)CC1)C(C)C(=O)O. The average Bonchev–Trinajstić information content (AvgIpc) is 2.30. The van der Waals surface area contributed by atoms with Crippen LogP contribution < -0.4 is 11.1 Å². The molecule has 0 aromatic heterocycles. The second-order valence-electron chi connectivity index (χ2n) is 5.10. The van der Waals surface area contributed by atoms with Gasteiger partial charge in [0, 0.05) is 25.2 Å². The number of piperidine rings is 1. The van der Waals surface area contributed by atoms with Crippen LogP contribution in [0.15, 0.2) is 0 Å². The normalized spacial score (nSPS) is 21.3. The summed E-state index contributed by atoms with van der Waals surface area (Å²) in [6.45, 7) is 5.29. The molecule has 0 radical (unpaired) electrons. The van der Waals surface area contributed by atoms with E-state index in [2.05, 4.69) is 10.2 Å². The van der Waals surface area contributed by atoms with Crippen LogP contribution in [0.2, 0.25) is 0 Å². The zero-order valence-corrected chi connectivity index (χ0v) is 11.1. The number of carbonyl (C=O) groups is 2. The van der Waals surface area contributed by atoms with Gasteiger partial charge in [0.1, 0.15) is 0 Å². The molecule has 1 rings (SSSR count).